The van der Waals surface area contributed by atoms with Crippen molar-refractivity contribution in [1.82, 2.24) is 0 Å². The largest absolute Gasteiger partial charge is 0.454 e. The second kappa shape index (κ2) is 7.16. The lowest BCUT2D eigenvalue weighted by Crippen LogP contribution is -2.33. The molecule has 0 saturated carbocycles. The van der Waals surface area contributed by atoms with Gasteiger partial charge >= 0.3 is 6.09 Å². The van der Waals surface area contributed by atoms with E-state index >= 15 is 0 Å². The Morgan fingerprint density at radius 3 is 2.40 bits per heavy atom. The first kappa shape index (κ1) is 18.2. The molecule has 2 rings (SSSR count). The summed E-state index contributed by atoms with van der Waals surface area (Å²) in [6, 6.07) is 9.65. The zero-order valence-corrected chi connectivity index (χ0v) is 13.7. The van der Waals surface area contributed by atoms with Crippen molar-refractivity contribution in [1.29, 1.82) is 0 Å². The molecule has 2 aromatic carbocycles. The molecule has 0 radical (unpaired) electrons. The monoisotopic (exact) mass is 348 g/mol. The van der Waals surface area contributed by atoms with Crippen molar-refractivity contribution in [2.45, 2.75) is 25.9 Å². The number of nitro benzene ring substituents is 1. The number of nitrogens with two attached hydrogens (primary N) is 1. The predicted molar refractivity (Wildman–Crippen MR) is 88.0 cm³/mol. The topological polar surface area (TPSA) is 105 Å². The van der Waals surface area contributed by atoms with E-state index in [9.17, 15) is 19.3 Å². The number of hydrogen-bond donors (Lipinski definition) is 1. The maximum absolute atomic E-state index is 14.2. The summed E-state index contributed by atoms with van der Waals surface area (Å²) in [5.74, 6) is -0.355. The van der Waals surface area contributed by atoms with Gasteiger partial charge in [0.05, 0.1) is 4.92 Å². The van der Waals surface area contributed by atoms with E-state index in [1.165, 1.54) is 36.4 Å². The fourth-order valence-corrected chi connectivity index (χ4v) is 2.30. The molecule has 0 heterocycles. The van der Waals surface area contributed by atoms with Crippen molar-refractivity contribution in [3.05, 3.63) is 64.0 Å². The second-order valence-electron chi connectivity index (χ2n) is 5.98. The Morgan fingerprint density at radius 1 is 1.24 bits per heavy atom. The highest BCUT2D eigenvalue weighted by atomic mass is 19.1. The third kappa shape index (κ3) is 5.17. The fraction of sp³-hybridized carbons (Fsp3) is 0.235. The third-order valence-corrected chi connectivity index (χ3v) is 3.28. The Balaban J connectivity index is 2.11. The summed E-state index contributed by atoms with van der Waals surface area (Å²) in [7, 11) is 0. The number of hydrogen-bond acceptors (Lipinski definition) is 5. The minimum absolute atomic E-state index is 0.0220. The molecule has 0 aliphatic carbocycles. The van der Waals surface area contributed by atoms with Crippen LogP contribution in [0, 0.1) is 15.9 Å². The van der Waals surface area contributed by atoms with Gasteiger partial charge in [-0.3, -0.25) is 10.1 Å². The summed E-state index contributed by atoms with van der Waals surface area (Å²) in [6.07, 6.45) is -0.631. The highest BCUT2D eigenvalue weighted by Gasteiger charge is 2.23. The van der Waals surface area contributed by atoms with E-state index in [-0.39, 0.29) is 23.6 Å². The van der Waals surface area contributed by atoms with E-state index in [1.807, 2.05) is 0 Å². The average Bonchev–Trinajstić information content (AvgIpc) is 2.48. The number of primary amides is 1. The van der Waals surface area contributed by atoms with Gasteiger partial charge in [0.1, 0.15) is 11.4 Å². The molecule has 25 heavy (non-hydrogen) atoms. The Hall–Kier alpha value is -3.16. The lowest BCUT2D eigenvalue weighted by molar-refractivity contribution is -0.384. The zero-order valence-electron chi connectivity index (χ0n) is 13.7. The molecule has 0 aromatic heterocycles. The molecule has 1 amide bonds. The van der Waals surface area contributed by atoms with Gasteiger partial charge in [0.25, 0.3) is 5.69 Å². The molecular weight excluding hydrogens is 331 g/mol. The number of non-ortho nitro benzene ring substituents is 1. The highest BCUT2D eigenvalue weighted by Crippen LogP contribution is 2.28. The van der Waals surface area contributed by atoms with Crippen LogP contribution in [-0.2, 0) is 11.2 Å². The summed E-state index contributed by atoms with van der Waals surface area (Å²) in [5, 5.41) is 10.6. The lowest BCUT2D eigenvalue weighted by atomic mass is 9.98. The number of benzene rings is 2. The van der Waals surface area contributed by atoms with Crippen LogP contribution in [0.5, 0.6) is 11.5 Å². The minimum Gasteiger partial charge on any atom is -0.454 e. The third-order valence-electron chi connectivity index (χ3n) is 3.28. The van der Waals surface area contributed by atoms with Gasteiger partial charge in [-0.05, 0) is 43.7 Å². The van der Waals surface area contributed by atoms with E-state index in [0.29, 0.717) is 5.56 Å². The van der Waals surface area contributed by atoms with E-state index in [2.05, 4.69) is 0 Å². The molecule has 0 aliphatic rings. The first-order chi connectivity index (χ1) is 11.7. The molecule has 2 aromatic rings. The molecule has 0 unspecified atom stereocenters. The van der Waals surface area contributed by atoms with Gasteiger partial charge in [-0.15, -0.1) is 0 Å². The van der Waals surface area contributed by atoms with Gasteiger partial charge in [0.15, 0.2) is 11.6 Å². The van der Waals surface area contributed by atoms with E-state index < -0.39 is 22.4 Å². The number of nitro groups is 1. The molecule has 0 fully saturated rings. The molecule has 0 bridgehead atoms. The number of carbonyl (C=O) groups excluding carboxylic acids is 1. The Bertz CT molecular complexity index is 790. The van der Waals surface area contributed by atoms with Crippen LogP contribution in [0.4, 0.5) is 14.9 Å². The second-order valence-corrected chi connectivity index (χ2v) is 5.98. The summed E-state index contributed by atoms with van der Waals surface area (Å²) >= 11 is 0. The molecule has 0 saturated heterocycles. The van der Waals surface area contributed by atoms with Gasteiger partial charge in [0.2, 0.25) is 0 Å². The van der Waals surface area contributed by atoms with Crippen molar-refractivity contribution >= 4 is 11.8 Å². The normalized spacial score (nSPS) is 11.0. The van der Waals surface area contributed by atoms with Crippen LogP contribution in [0.1, 0.15) is 19.4 Å². The maximum Gasteiger partial charge on any atom is 0.405 e. The zero-order chi connectivity index (χ0) is 18.6. The quantitative estimate of drug-likeness (QED) is 0.629. The SMILES string of the molecule is CC(C)(Cc1ccc(Oc2ccc([N+](=O)[O-])cc2)c(F)c1)OC(N)=O. The first-order valence-corrected chi connectivity index (χ1v) is 7.35. The van der Waals surface area contributed by atoms with Gasteiger partial charge in [-0.25, -0.2) is 9.18 Å². The molecule has 8 heteroatoms. The van der Waals surface area contributed by atoms with Crippen LogP contribution in [0.15, 0.2) is 42.5 Å². The van der Waals surface area contributed by atoms with Gasteiger partial charge in [0, 0.05) is 18.6 Å². The smallest absolute Gasteiger partial charge is 0.405 e. The summed E-state index contributed by atoms with van der Waals surface area (Å²) < 4.78 is 24.6. The van der Waals surface area contributed by atoms with Crippen molar-refractivity contribution < 1.29 is 23.6 Å². The number of halogens is 1. The highest BCUT2D eigenvalue weighted by molar-refractivity contribution is 5.65. The Kier molecular flexibility index (Phi) is 5.21. The number of carbonyl (C=O) groups is 1. The number of rotatable bonds is 6. The van der Waals surface area contributed by atoms with Gasteiger partial charge in [-0.1, -0.05) is 6.07 Å². The van der Waals surface area contributed by atoms with Crippen molar-refractivity contribution in [2.24, 2.45) is 5.73 Å². The van der Waals surface area contributed by atoms with Crippen LogP contribution in [0.2, 0.25) is 0 Å². The van der Waals surface area contributed by atoms with Crippen molar-refractivity contribution in [3.63, 3.8) is 0 Å². The average molecular weight is 348 g/mol. The van der Waals surface area contributed by atoms with E-state index in [1.54, 1.807) is 19.9 Å². The minimum atomic E-state index is -0.899. The first-order valence-electron chi connectivity index (χ1n) is 7.35. The Labute approximate surface area is 143 Å². The van der Waals surface area contributed by atoms with E-state index in [0.717, 1.165) is 0 Å². The molecule has 7 nitrogen and oxygen atoms in total. The fourth-order valence-electron chi connectivity index (χ4n) is 2.30. The van der Waals surface area contributed by atoms with Crippen molar-refractivity contribution in [2.75, 3.05) is 0 Å². The lowest BCUT2D eigenvalue weighted by Gasteiger charge is -2.24. The standard InChI is InChI=1S/C17H17FN2O5/c1-17(2,25-16(19)21)10-11-3-8-15(14(18)9-11)24-13-6-4-12(5-7-13)20(22)23/h3-9H,10H2,1-2H3,(H2,19,21). The molecule has 0 spiro atoms. The molecule has 2 N–H and O–H groups in total. The summed E-state index contributed by atoms with van der Waals surface area (Å²) in [6.45, 7) is 3.33. The molecule has 0 aliphatic heterocycles. The maximum atomic E-state index is 14.2. The van der Waals surface area contributed by atoms with Crippen LogP contribution >= 0.6 is 0 Å². The van der Waals surface area contributed by atoms with Crippen LogP contribution in [0.3, 0.4) is 0 Å². The predicted octanol–water partition coefficient (Wildman–Crippen LogP) is 3.94. The van der Waals surface area contributed by atoms with E-state index in [4.69, 9.17) is 15.2 Å². The number of nitrogens with zero attached hydrogens (tertiary/aromatic N) is 1. The molecular formula is C17H17FN2O5. The van der Waals surface area contributed by atoms with Crippen LogP contribution in [0.25, 0.3) is 0 Å². The Morgan fingerprint density at radius 2 is 1.88 bits per heavy atom. The van der Waals surface area contributed by atoms with Crippen LogP contribution in [-0.4, -0.2) is 16.6 Å². The van der Waals surface area contributed by atoms with Crippen molar-refractivity contribution in [3.8, 4) is 11.5 Å². The number of amides is 1. The number of ether oxygens (including phenoxy) is 2. The molecule has 0 atom stereocenters. The summed E-state index contributed by atoms with van der Waals surface area (Å²) in [5.41, 5.74) is 4.64. The van der Waals surface area contributed by atoms with Crippen LogP contribution < -0.4 is 10.5 Å². The summed E-state index contributed by atoms with van der Waals surface area (Å²) in [4.78, 5) is 20.9. The van der Waals surface area contributed by atoms with Gasteiger partial charge < -0.3 is 15.2 Å². The van der Waals surface area contributed by atoms with Gasteiger partial charge in [-0.2, -0.15) is 0 Å². The molecule has 132 valence electrons.